The van der Waals surface area contributed by atoms with Gasteiger partial charge in [-0.1, -0.05) is 13.0 Å². The van der Waals surface area contributed by atoms with Crippen LogP contribution in [0, 0.1) is 0 Å². The van der Waals surface area contributed by atoms with Crippen molar-refractivity contribution in [2.75, 3.05) is 27.3 Å². The number of rotatable bonds is 7. The standard InChI is InChI=1S/C13H21NO2/c1-4-8-14-9-7-11-5-6-12(15-2)13(10-11)16-3/h5-6,10,14H,4,7-9H2,1-3H3. The maximum atomic E-state index is 5.26. The third-order valence-corrected chi connectivity index (χ3v) is 2.47. The monoisotopic (exact) mass is 223 g/mol. The van der Waals surface area contributed by atoms with Gasteiger partial charge in [-0.25, -0.2) is 0 Å². The van der Waals surface area contributed by atoms with Gasteiger partial charge in [0, 0.05) is 0 Å². The summed E-state index contributed by atoms with van der Waals surface area (Å²) < 4.78 is 10.5. The van der Waals surface area contributed by atoms with Gasteiger partial charge in [0.15, 0.2) is 11.5 Å². The van der Waals surface area contributed by atoms with Crippen LogP contribution in [0.15, 0.2) is 18.2 Å². The van der Waals surface area contributed by atoms with Crippen LogP contribution in [0.25, 0.3) is 0 Å². The fourth-order valence-corrected chi connectivity index (χ4v) is 1.57. The molecule has 0 aliphatic rings. The van der Waals surface area contributed by atoms with Crippen LogP contribution in [0.1, 0.15) is 18.9 Å². The molecule has 90 valence electrons. The van der Waals surface area contributed by atoms with E-state index in [0.29, 0.717) is 0 Å². The molecule has 0 saturated carbocycles. The summed E-state index contributed by atoms with van der Waals surface area (Å²) in [7, 11) is 3.32. The normalized spacial score (nSPS) is 10.2. The lowest BCUT2D eigenvalue weighted by Crippen LogP contribution is -2.17. The van der Waals surface area contributed by atoms with Crippen LogP contribution in [0.5, 0.6) is 11.5 Å². The molecule has 0 aliphatic carbocycles. The van der Waals surface area contributed by atoms with Crippen molar-refractivity contribution in [3.8, 4) is 11.5 Å². The second kappa shape index (κ2) is 7.12. The minimum Gasteiger partial charge on any atom is -0.493 e. The van der Waals surface area contributed by atoms with E-state index in [1.165, 1.54) is 12.0 Å². The Labute approximate surface area is 97.8 Å². The summed E-state index contributed by atoms with van der Waals surface area (Å²) in [5.41, 5.74) is 1.27. The molecule has 1 aromatic rings. The Bertz CT molecular complexity index is 313. The molecule has 1 N–H and O–H groups in total. The summed E-state index contributed by atoms with van der Waals surface area (Å²) in [6.07, 6.45) is 2.19. The van der Waals surface area contributed by atoms with Crippen molar-refractivity contribution < 1.29 is 9.47 Å². The molecule has 0 fully saturated rings. The lowest BCUT2D eigenvalue weighted by Gasteiger charge is -2.09. The van der Waals surface area contributed by atoms with E-state index in [9.17, 15) is 0 Å². The van der Waals surface area contributed by atoms with Gasteiger partial charge in [0.1, 0.15) is 0 Å². The van der Waals surface area contributed by atoms with E-state index in [0.717, 1.165) is 31.0 Å². The largest absolute Gasteiger partial charge is 0.493 e. The van der Waals surface area contributed by atoms with E-state index in [4.69, 9.17) is 9.47 Å². The number of benzene rings is 1. The summed E-state index contributed by atoms with van der Waals surface area (Å²) in [5, 5.41) is 3.38. The molecule has 1 rings (SSSR count). The highest BCUT2D eigenvalue weighted by Crippen LogP contribution is 2.27. The maximum Gasteiger partial charge on any atom is 0.160 e. The van der Waals surface area contributed by atoms with Crippen LogP contribution in [-0.2, 0) is 6.42 Å². The van der Waals surface area contributed by atoms with Crippen molar-refractivity contribution in [2.45, 2.75) is 19.8 Å². The molecule has 0 aliphatic heterocycles. The fraction of sp³-hybridized carbons (Fsp3) is 0.538. The zero-order valence-corrected chi connectivity index (χ0v) is 10.4. The SMILES string of the molecule is CCCNCCc1ccc(OC)c(OC)c1. The third-order valence-electron chi connectivity index (χ3n) is 2.47. The molecule has 0 spiro atoms. The van der Waals surface area contributed by atoms with Gasteiger partial charge in [-0.2, -0.15) is 0 Å². The van der Waals surface area contributed by atoms with Crippen LogP contribution in [0.2, 0.25) is 0 Å². The fourth-order valence-electron chi connectivity index (χ4n) is 1.57. The topological polar surface area (TPSA) is 30.5 Å². The molecule has 16 heavy (non-hydrogen) atoms. The van der Waals surface area contributed by atoms with E-state index >= 15 is 0 Å². The molecule has 0 saturated heterocycles. The highest BCUT2D eigenvalue weighted by Gasteiger charge is 2.03. The summed E-state index contributed by atoms with van der Waals surface area (Å²) >= 11 is 0. The number of hydrogen-bond acceptors (Lipinski definition) is 3. The van der Waals surface area contributed by atoms with Gasteiger partial charge in [0.2, 0.25) is 0 Å². The molecule has 0 unspecified atom stereocenters. The zero-order chi connectivity index (χ0) is 11.8. The minimum atomic E-state index is 0.785. The van der Waals surface area contributed by atoms with Gasteiger partial charge >= 0.3 is 0 Å². The Hall–Kier alpha value is -1.22. The van der Waals surface area contributed by atoms with Crippen LogP contribution >= 0.6 is 0 Å². The molecular formula is C13H21NO2. The molecule has 0 bridgehead atoms. The molecular weight excluding hydrogens is 202 g/mol. The van der Waals surface area contributed by atoms with Gasteiger partial charge in [0.05, 0.1) is 14.2 Å². The summed E-state index contributed by atoms with van der Waals surface area (Å²) in [4.78, 5) is 0. The first-order chi connectivity index (χ1) is 7.81. The van der Waals surface area contributed by atoms with Gasteiger partial charge in [-0.05, 0) is 43.6 Å². The number of methoxy groups -OCH3 is 2. The summed E-state index contributed by atoms with van der Waals surface area (Å²) in [6.45, 7) is 4.25. The Morgan fingerprint density at radius 3 is 2.44 bits per heavy atom. The molecule has 3 heteroatoms. The minimum absolute atomic E-state index is 0.785. The average Bonchev–Trinajstić information content (AvgIpc) is 2.34. The second-order valence-corrected chi connectivity index (χ2v) is 3.69. The van der Waals surface area contributed by atoms with Gasteiger partial charge < -0.3 is 14.8 Å². The molecule has 0 atom stereocenters. The van der Waals surface area contributed by atoms with E-state index in [1.54, 1.807) is 14.2 Å². The van der Waals surface area contributed by atoms with Gasteiger partial charge in [-0.15, -0.1) is 0 Å². The molecule has 0 amide bonds. The van der Waals surface area contributed by atoms with E-state index in [2.05, 4.69) is 18.3 Å². The van der Waals surface area contributed by atoms with Crippen molar-refractivity contribution in [1.29, 1.82) is 0 Å². The van der Waals surface area contributed by atoms with Crippen LogP contribution in [-0.4, -0.2) is 27.3 Å². The predicted molar refractivity (Wildman–Crippen MR) is 66.4 cm³/mol. The van der Waals surface area contributed by atoms with Crippen LogP contribution < -0.4 is 14.8 Å². The van der Waals surface area contributed by atoms with E-state index in [-0.39, 0.29) is 0 Å². The predicted octanol–water partition coefficient (Wildman–Crippen LogP) is 2.25. The first-order valence-corrected chi connectivity index (χ1v) is 5.73. The molecule has 0 heterocycles. The highest BCUT2D eigenvalue weighted by atomic mass is 16.5. The quantitative estimate of drug-likeness (QED) is 0.719. The first-order valence-electron chi connectivity index (χ1n) is 5.73. The zero-order valence-electron chi connectivity index (χ0n) is 10.4. The lowest BCUT2D eigenvalue weighted by molar-refractivity contribution is 0.354. The Morgan fingerprint density at radius 1 is 1.06 bits per heavy atom. The number of hydrogen-bond donors (Lipinski definition) is 1. The van der Waals surface area contributed by atoms with Crippen molar-refractivity contribution in [3.63, 3.8) is 0 Å². The van der Waals surface area contributed by atoms with Crippen LogP contribution in [0.4, 0.5) is 0 Å². The third kappa shape index (κ3) is 3.74. The molecule has 3 nitrogen and oxygen atoms in total. The summed E-state index contributed by atoms with van der Waals surface area (Å²) in [5.74, 6) is 1.59. The van der Waals surface area contributed by atoms with Crippen molar-refractivity contribution in [1.82, 2.24) is 5.32 Å². The lowest BCUT2D eigenvalue weighted by atomic mass is 10.1. The Kier molecular flexibility index (Phi) is 5.72. The Morgan fingerprint density at radius 2 is 1.81 bits per heavy atom. The second-order valence-electron chi connectivity index (χ2n) is 3.69. The van der Waals surface area contributed by atoms with Crippen LogP contribution in [0.3, 0.4) is 0 Å². The van der Waals surface area contributed by atoms with Crippen molar-refractivity contribution in [3.05, 3.63) is 23.8 Å². The van der Waals surface area contributed by atoms with E-state index < -0.39 is 0 Å². The average molecular weight is 223 g/mol. The summed E-state index contributed by atoms with van der Waals surface area (Å²) in [6, 6.07) is 6.06. The smallest absolute Gasteiger partial charge is 0.160 e. The van der Waals surface area contributed by atoms with Gasteiger partial charge in [-0.3, -0.25) is 0 Å². The maximum absolute atomic E-state index is 5.26. The van der Waals surface area contributed by atoms with Crippen molar-refractivity contribution >= 4 is 0 Å². The first kappa shape index (κ1) is 12.8. The van der Waals surface area contributed by atoms with Gasteiger partial charge in [0.25, 0.3) is 0 Å². The molecule has 0 aromatic heterocycles. The molecule has 0 radical (unpaired) electrons. The van der Waals surface area contributed by atoms with E-state index in [1.807, 2.05) is 12.1 Å². The highest BCUT2D eigenvalue weighted by molar-refractivity contribution is 5.42. The number of ether oxygens (including phenoxy) is 2. The molecule has 1 aromatic carbocycles. The van der Waals surface area contributed by atoms with Crippen molar-refractivity contribution in [2.24, 2.45) is 0 Å². The Balaban J connectivity index is 2.54. The number of nitrogens with one attached hydrogen (secondary N) is 1.